The van der Waals surface area contributed by atoms with E-state index in [1.165, 1.54) is 0 Å². The van der Waals surface area contributed by atoms with Gasteiger partial charge in [-0.2, -0.15) is 0 Å². The molecule has 0 aliphatic carbocycles. The summed E-state index contributed by atoms with van der Waals surface area (Å²) in [6.07, 6.45) is 8.33. The van der Waals surface area contributed by atoms with Crippen molar-refractivity contribution in [2.24, 2.45) is 0 Å². The van der Waals surface area contributed by atoms with Gasteiger partial charge in [-0.3, -0.25) is 4.79 Å². The van der Waals surface area contributed by atoms with E-state index in [2.05, 4.69) is 22.7 Å². The Morgan fingerprint density at radius 2 is 2.12 bits per heavy atom. The number of aliphatic hydroxyl groups is 1. The van der Waals surface area contributed by atoms with E-state index < -0.39 is 0 Å². The summed E-state index contributed by atoms with van der Waals surface area (Å²) >= 11 is 0. The third-order valence-electron chi connectivity index (χ3n) is 4.96. The summed E-state index contributed by atoms with van der Waals surface area (Å²) in [4.78, 5) is 19.3. The van der Waals surface area contributed by atoms with Gasteiger partial charge in [0.25, 0.3) is 5.91 Å². The van der Waals surface area contributed by atoms with Crippen LogP contribution < -0.4 is 0 Å². The number of hydrogen-bond acceptors (Lipinski definition) is 3. The number of carbonyl (C=O) groups excluding carboxylic acids is 1. The molecule has 1 unspecified atom stereocenters. The molecule has 134 valence electrons. The quantitative estimate of drug-likeness (QED) is 0.878. The van der Waals surface area contributed by atoms with Crippen molar-refractivity contribution < 1.29 is 9.90 Å². The zero-order chi connectivity index (χ0) is 17.6. The minimum Gasteiger partial charge on any atom is -0.392 e. The number of unbranched alkanes of at least 4 members (excludes halogenated alkanes) is 1. The van der Waals surface area contributed by atoms with Crippen molar-refractivity contribution in [3.8, 4) is 0 Å². The summed E-state index contributed by atoms with van der Waals surface area (Å²) in [5, 5.41) is 9.14. The largest absolute Gasteiger partial charge is 0.392 e. The Bertz CT molecular complexity index is 693. The fourth-order valence-corrected chi connectivity index (χ4v) is 3.51. The van der Waals surface area contributed by atoms with Crippen LogP contribution in [0.5, 0.6) is 0 Å². The van der Waals surface area contributed by atoms with Crippen LogP contribution in [0.15, 0.2) is 36.7 Å². The SMILES string of the molecule is CCCCn1ccnc1C1CCCN(C(=O)c2ccc(CO)cc2)C1. The van der Waals surface area contributed by atoms with Crippen molar-refractivity contribution in [3.63, 3.8) is 0 Å². The van der Waals surface area contributed by atoms with Gasteiger partial charge in [0.15, 0.2) is 0 Å². The minimum atomic E-state index is 0.000672. The third-order valence-corrected chi connectivity index (χ3v) is 4.96. The van der Waals surface area contributed by atoms with Crippen LogP contribution in [0, 0.1) is 0 Å². The summed E-state index contributed by atoms with van der Waals surface area (Å²) < 4.78 is 2.25. The van der Waals surface area contributed by atoms with Gasteiger partial charge in [-0.1, -0.05) is 25.5 Å². The molecule has 1 aliphatic rings. The van der Waals surface area contributed by atoms with Gasteiger partial charge >= 0.3 is 0 Å². The van der Waals surface area contributed by atoms with Crippen LogP contribution >= 0.6 is 0 Å². The van der Waals surface area contributed by atoms with Gasteiger partial charge < -0.3 is 14.6 Å². The molecule has 25 heavy (non-hydrogen) atoms. The zero-order valence-corrected chi connectivity index (χ0v) is 14.9. The lowest BCUT2D eigenvalue weighted by Crippen LogP contribution is -2.39. The van der Waals surface area contributed by atoms with E-state index in [9.17, 15) is 4.79 Å². The van der Waals surface area contributed by atoms with Crippen LogP contribution in [-0.4, -0.2) is 38.6 Å². The second kappa shape index (κ2) is 8.30. The molecule has 1 atom stereocenters. The molecule has 1 saturated heterocycles. The predicted octanol–water partition coefficient (Wildman–Crippen LogP) is 3.20. The maximum Gasteiger partial charge on any atom is 0.253 e. The van der Waals surface area contributed by atoms with Gasteiger partial charge in [-0.25, -0.2) is 4.98 Å². The average Bonchev–Trinajstić information content (AvgIpc) is 3.14. The van der Waals surface area contributed by atoms with E-state index >= 15 is 0 Å². The maximum atomic E-state index is 12.8. The Balaban J connectivity index is 1.70. The Morgan fingerprint density at radius 3 is 2.84 bits per heavy atom. The van der Waals surface area contributed by atoms with Crippen LogP contribution in [-0.2, 0) is 13.2 Å². The lowest BCUT2D eigenvalue weighted by molar-refractivity contribution is 0.0703. The fourth-order valence-electron chi connectivity index (χ4n) is 3.51. The van der Waals surface area contributed by atoms with E-state index in [4.69, 9.17) is 5.11 Å². The van der Waals surface area contributed by atoms with Gasteiger partial charge in [0.05, 0.1) is 6.61 Å². The maximum absolute atomic E-state index is 12.8. The number of carbonyl (C=O) groups is 1. The monoisotopic (exact) mass is 341 g/mol. The van der Waals surface area contributed by atoms with Gasteiger partial charge in [0.1, 0.15) is 5.82 Å². The summed E-state index contributed by atoms with van der Waals surface area (Å²) in [7, 11) is 0. The number of amides is 1. The van der Waals surface area contributed by atoms with E-state index in [0.717, 1.165) is 56.7 Å². The number of likely N-dealkylation sites (tertiary alicyclic amines) is 1. The van der Waals surface area contributed by atoms with Crippen LogP contribution in [0.2, 0.25) is 0 Å². The van der Waals surface area contributed by atoms with Gasteiger partial charge in [-0.15, -0.1) is 0 Å². The Labute approximate surface area is 149 Å². The van der Waals surface area contributed by atoms with Crippen molar-refractivity contribution in [1.29, 1.82) is 0 Å². The van der Waals surface area contributed by atoms with Crippen LogP contribution in [0.4, 0.5) is 0 Å². The number of benzene rings is 1. The highest BCUT2D eigenvalue weighted by Crippen LogP contribution is 2.27. The molecule has 1 N–H and O–H groups in total. The number of hydrogen-bond donors (Lipinski definition) is 1. The number of aromatic nitrogens is 2. The van der Waals surface area contributed by atoms with Crippen molar-refractivity contribution in [3.05, 3.63) is 53.6 Å². The van der Waals surface area contributed by atoms with E-state index in [1.54, 1.807) is 12.1 Å². The average molecular weight is 341 g/mol. The minimum absolute atomic E-state index is 0.000672. The Kier molecular flexibility index (Phi) is 5.87. The van der Waals surface area contributed by atoms with Crippen LogP contribution in [0.25, 0.3) is 0 Å². The molecule has 1 fully saturated rings. The van der Waals surface area contributed by atoms with E-state index in [-0.39, 0.29) is 12.5 Å². The molecule has 0 radical (unpaired) electrons. The number of imidazole rings is 1. The van der Waals surface area contributed by atoms with Gasteiger partial charge in [0, 0.05) is 43.5 Å². The van der Waals surface area contributed by atoms with Gasteiger partial charge in [-0.05, 0) is 37.0 Å². The van der Waals surface area contributed by atoms with E-state index in [1.807, 2.05) is 23.2 Å². The van der Waals surface area contributed by atoms with Gasteiger partial charge in [0.2, 0.25) is 0 Å². The van der Waals surface area contributed by atoms with E-state index in [0.29, 0.717) is 11.5 Å². The molecular weight excluding hydrogens is 314 g/mol. The Morgan fingerprint density at radius 1 is 1.32 bits per heavy atom. The van der Waals surface area contributed by atoms with Crippen molar-refractivity contribution in [2.45, 2.75) is 51.7 Å². The second-order valence-corrected chi connectivity index (χ2v) is 6.78. The zero-order valence-electron chi connectivity index (χ0n) is 14.9. The standard InChI is InChI=1S/C20H27N3O2/c1-2-3-11-22-13-10-21-19(22)18-5-4-12-23(14-18)20(25)17-8-6-16(15-24)7-9-17/h6-10,13,18,24H,2-5,11-12,14-15H2,1H3. The first-order chi connectivity index (χ1) is 12.2. The summed E-state index contributed by atoms with van der Waals surface area (Å²) in [5.74, 6) is 1.49. The lowest BCUT2D eigenvalue weighted by atomic mass is 9.96. The first kappa shape index (κ1) is 17.7. The highest BCUT2D eigenvalue weighted by Gasteiger charge is 2.27. The van der Waals surface area contributed by atoms with Crippen molar-refractivity contribution >= 4 is 5.91 Å². The molecule has 0 bridgehead atoms. The number of aliphatic hydroxyl groups excluding tert-OH is 1. The molecule has 1 aliphatic heterocycles. The lowest BCUT2D eigenvalue weighted by Gasteiger charge is -2.33. The first-order valence-corrected chi connectivity index (χ1v) is 9.23. The smallest absolute Gasteiger partial charge is 0.253 e. The number of piperidine rings is 1. The van der Waals surface area contributed by atoms with Crippen molar-refractivity contribution in [1.82, 2.24) is 14.5 Å². The molecular formula is C20H27N3O2. The van der Waals surface area contributed by atoms with Crippen LogP contribution in [0.3, 0.4) is 0 Å². The predicted molar refractivity (Wildman–Crippen MR) is 97.4 cm³/mol. The number of nitrogens with zero attached hydrogens (tertiary/aromatic N) is 3. The fraction of sp³-hybridized carbons (Fsp3) is 0.500. The van der Waals surface area contributed by atoms with Crippen molar-refractivity contribution in [2.75, 3.05) is 13.1 Å². The molecule has 5 nitrogen and oxygen atoms in total. The molecule has 0 saturated carbocycles. The molecule has 1 aromatic heterocycles. The molecule has 1 aromatic carbocycles. The molecule has 1 amide bonds. The molecule has 2 heterocycles. The second-order valence-electron chi connectivity index (χ2n) is 6.78. The Hall–Kier alpha value is -2.14. The molecule has 3 rings (SSSR count). The first-order valence-electron chi connectivity index (χ1n) is 9.23. The number of rotatable bonds is 6. The molecule has 5 heteroatoms. The highest BCUT2D eigenvalue weighted by molar-refractivity contribution is 5.94. The summed E-state index contributed by atoms with van der Waals surface area (Å²) in [6.45, 7) is 4.72. The third kappa shape index (κ3) is 4.10. The highest BCUT2D eigenvalue weighted by atomic mass is 16.3. The normalized spacial score (nSPS) is 17.7. The topological polar surface area (TPSA) is 58.4 Å². The summed E-state index contributed by atoms with van der Waals surface area (Å²) in [6, 6.07) is 7.23. The molecule has 2 aromatic rings. The number of aryl methyl sites for hydroxylation is 1. The van der Waals surface area contributed by atoms with Crippen LogP contribution in [0.1, 0.15) is 60.3 Å². The summed E-state index contributed by atoms with van der Waals surface area (Å²) in [5.41, 5.74) is 1.51. The molecule has 0 spiro atoms.